The number of ether oxygens (including phenoxy) is 4. The predicted octanol–water partition coefficient (Wildman–Crippen LogP) is 11.1. The third-order valence-electron chi connectivity index (χ3n) is 11.7. The van der Waals surface area contributed by atoms with Crippen LogP contribution in [0.3, 0.4) is 0 Å². The molecule has 1 rings (SSSR count). The number of carbonyl (C=O) groups excluding carboxylic acids is 2. The van der Waals surface area contributed by atoms with Gasteiger partial charge in [-0.05, 0) is 38.5 Å². The van der Waals surface area contributed by atoms with E-state index in [-0.39, 0.29) is 32.0 Å². The number of esters is 2. The lowest BCUT2D eigenvalue weighted by Gasteiger charge is -2.39. The van der Waals surface area contributed by atoms with Crippen molar-refractivity contribution < 1.29 is 49.0 Å². The molecule has 0 aliphatic carbocycles. The lowest BCUT2D eigenvalue weighted by Crippen LogP contribution is -2.59. The molecule has 10 heteroatoms. The standard InChI is InChI=1S/C49H92O10/c1-3-5-7-9-11-13-15-17-18-19-20-21-22-23-24-26-28-30-32-34-36-38-45(52)58-42(41-57-49-48(55)47(54)46(53)43(39-50)59-49)40-56-44(51)37-35-33-31-29-27-25-16-14-12-10-8-6-4-2/h25,27,42-43,46-50,53-55H,3-24,26,28-41H2,1-2H3/b27-25+/t42-,43-,46+,47?,48?,49-/m1/s1. The molecule has 4 N–H and O–H groups in total. The van der Waals surface area contributed by atoms with Crippen molar-refractivity contribution in [1.29, 1.82) is 0 Å². The fraction of sp³-hybridized carbons (Fsp3) is 0.918. The van der Waals surface area contributed by atoms with Crippen molar-refractivity contribution in [3.05, 3.63) is 12.2 Å². The number of aliphatic hydroxyl groups excluding tert-OH is 4. The average Bonchev–Trinajstić information content (AvgIpc) is 3.23. The quantitative estimate of drug-likeness (QED) is 0.0265. The van der Waals surface area contributed by atoms with E-state index in [9.17, 15) is 30.0 Å². The molecule has 348 valence electrons. The monoisotopic (exact) mass is 841 g/mol. The van der Waals surface area contributed by atoms with Gasteiger partial charge in [0.15, 0.2) is 12.4 Å². The molecular weight excluding hydrogens is 749 g/mol. The zero-order valence-electron chi connectivity index (χ0n) is 38.0. The number of unbranched alkanes of at least 4 members (excludes halogenated alkanes) is 29. The molecule has 1 heterocycles. The van der Waals surface area contributed by atoms with Crippen LogP contribution in [0.25, 0.3) is 0 Å². The van der Waals surface area contributed by atoms with Gasteiger partial charge in [-0.3, -0.25) is 9.59 Å². The van der Waals surface area contributed by atoms with Gasteiger partial charge in [0.2, 0.25) is 0 Å². The zero-order valence-corrected chi connectivity index (χ0v) is 38.0. The Morgan fingerprint density at radius 2 is 0.898 bits per heavy atom. The maximum Gasteiger partial charge on any atom is 0.306 e. The predicted molar refractivity (Wildman–Crippen MR) is 238 cm³/mol. The van der Waals surface area contributed by atoms with Crippen molar-refractivity contribution in [3.63, 3.8) is 0 Å². The Hall–Kier alpha value is -1.56. The van der Waals surface area contributed by atoms with Crippen molar-refractivity contribution in [2.75, 3.05) is 19.8 Å². The first-order chi connectivity index (χ1) is 28.8. The second-order valence-electron chi connectivity index (χ2n) is 17.3. The van der Waals surface area contributed by atoms with Crippen molar-refractivity contribution in [1.82, 2.24) is 0 Å². The number of carbonyl (C=O) groups is 2. The summed E-state index contributed by atoms with van der Waals surface area (Å²) in [5.74, 6) is -0.812. The fourth-order valence-electron chi connectivity index (χ4n) is 7.71. The smallest absolute Gasteiger partial charge is 0.306 e. The molecule has 6 atom stereocenters. The van der Waals surface area contributed by atoms with Gasteiger partial charge in [-0.2, -0.15) is 0 Å². The van der Waals surface area contributed by atoms with Crippen LogP contribution in [0.15, 0.2) is 12.2 Å². The van der Waals surface area contributed by atoms with Gasteiger partial charge >= 0.3 is 11.9 Å². The Bertz CT molecular complexity index is 974. The van der Waals surface area contributed by atoms with Gasteiger partial charge in [-0.15, -0.1) is 0 Å². The highest BCUT2D eigenvalue weighted by Gasteiger charge is 2.44. The summed E-state index contributed by atoms with van der Waals surface area (Å²) in [4.78, 5) is 25.4. The van der Waals surface area contributed by atoms with Crippen LogP contribution in [-0.2, 0) is 28.5 Å². The Balaban J connectivity index is 2.25. The lowest BCUT2D eigenvalue weighted by molar-refractivity contribution is -0.305. The van der Waals surface area contributed by atoms with Gasteiger partial charge in [0.05, 0.1) is 13.2 Å². The molecule has 0 saturated carbocycles. The second-order valence-corrected chi connectivity index (χ2v) is 17.3. The number of allylic oxidation sites excluding steroid dienone is 2. The number of aliphatic hydroxyl groups is 4. The highest BCUT2D eigenvalue weighted by molar-refractivity contribution is 5.70. The van der Waals surface area contributed by atoms with Gasteiger partial charge in [-0.25, -0.2) is 0 Å². The van der Waals surface area contributed by atoms with E-state index in [2.05, 4.69) is 26.0 Å². The van der Waals surface area contributed by atoms with E-state index in [1.54, 1.807) is 0 Å². The molecule has 1 saturated heterocycles. The highest BCUT2D eigenvalue weighted by Crippen LogP contribution is 2.23. The van der Waals surface area contributed by atoms with Crippen molar-refractivity contribution in [2.24, 2.45) is 0 Å². The molecule has 0 bridgehead atoms. The van der Waals surface area contributed by atoms with Crippen LogP contribution in [0.5, 0.6) is 0 Å². The summed E-state index contributed by atoms with van der Waals surface area (Å²) in [6, 6.07) is 0. The van der Waals surface area contributed by atoms with E-state index in [0.29, 0.717) is 12.8 Å². The molecule has 0 radical (unpaired) electrons. The first kappa shape index (κ1) is 55.5. The number of hydrogen-bond donors (Lipinski definition) is 4. The molecule has 1 aliphatic rings. The minimum Gasteiger partial charge on any atom is -0.462 e. The van der Waals surface area contributed by atoms with E-state index < -0.39 is 49.4 Å². The molecule has 2 unspecified atom stereocenters. The molecule has 0 aromatic carbocycles. The number of hydrogen-bond acceptors (Lipinski definition) is 10. The highest BCUT2D eigenvalue weighted by atomic mass is 16.7. The van der Waals surface area contributed by atoms with Gasteiger partial charge in [0, 0.05) is 12.8 Å². The van der Waals surface area contributed by atoms with Gasteiger partial charge < -0.3 is 39.4 Å². The summed E-state index contributed by atoms with van der Waals surface area (Å²) in [5.41, 5.74) is 0. The fourth-order valence-corrected chi connectivity index (χ4v) is 7.71. The first-order valence-corrected chi connectivity index (χ1v) is 24.8. The molecule has 1 fully saturated rings. The molecule has 0 aromatic rings. The van der Waals surface area contributed by atoms with Crippen LogP contribution in [-0.4, -0.2) is 89.0 Å². The van der Waals surface area contributed by atoms with Gasteiger partial charge in [0.25, 0.3) is 0 Å². The van der Waals surface area contributed by atoms with E-state index in [4.69, 9.17) is 18.9 Å². The van der Waals surface area contributed by atoms with Gasteiger partial charge in [0.1, 0.15) is 31.0 Å². The minimum atomic E-state index is -1.59. The topological polar surface area (TPSA) is 152 Å². The summed E-state index contributed by atoms with van der Waals surface area (Å²) < 4.78 is 22.2. The second kappa shape index (κ2) is 40.5. The van der Waals surface area contributed by atoms with Crippen molar-refractivity contribution in [3.8, 4) is 0 Å². The van der Waals surface area contributed by atoms with E-state index in [1.807, 2.05) is 0 Å². The SMILES string of the molecule is CCCCCCCC/C=C/CCCCCC(=O)OC[C@H](CO[C@@H]1O[C@H](CO)[C@H](O)C(O)C1O)OC(=O)CCCCCCCCCCCCCCCCCCCCCCC. The van der Waals surface area contributed by atoms with E-state index in [1.165, 1.54) is 148 Å². The van der Waals surface area contributed by atoms with Crippen molar-refractivity contribution in [2.45, 2.75) is 269 Å². The van der Waals surface area contributed by atoms with Crippen LogP contribution < -0.4 is 0 Å². The largest absolute Gasteiger partial charge is 0.462 e. The summed E-state index contributed by atoms with van der Waals surface area (Å²) in [6.45, 7) is 3.43. The third-order valence-corrected chi connectivity index (χ3v) is 11.7. The third kappa shape index (κ3) is 31.9. The van der Waals surface area contributed by atoms with Crippen LogP contribution >= 0.6 is 0 Å². The number of rotatable bonds is 42. The Kier molecular flexibility index (Phi) is 38.1. The van der Waals surface area contributed by atoms with Crippen LogP contribution in [0, 0.1) is 0 Å². The summed E-state index contributed by atoms with van der Waals surface area (Å²) in [7, 11) is 0. The average molecular weight is 841 g/mol. The maximum atomic E-state index is 12.8. The minimum absolute atomic E-state index is 0.220. The zero-order chi connectivity index (χ0) is 43.0. The molecule has 0 spiro atoms. The molecule has 1 aliphatic heterocycles. The van der Waals surface area contributed by atoms with E-state index in [0.717, 1.165) is 44.9 Å². The normalized spacial score (nSPS) is 20.0. The Morgan fingerprint density at radius 3 is 1.34 bits per heavy atom. The van der Waals surface area contributed by atoms with Crippen LogP contribution in [0.1, 0.15) is 232 Å². The Morgan fingerprint density at radius 1 is 0.508 bits per heavy atom. The lowest BCUT2D eigenvalue weighted by atomic mass is 9.99. The molecule has 0 aromatic heterocycles. The molecule has 59 heavy (non-hydrogen) atoms. The van der Waals surface area contributed by atoms with E-state index >= 15 is 0 Å². The molecular formula is C49H92O10. The van der Waals surface area contributed by atoms with Crippen LogP contribution in [0.2, 0.25) is 0 Å². The first-order valence-electron chi connectivity index (χ1n) is 24.8. The van der Waals surface area contributed by atoms with Crippen LogP contribution in [0.4, 0.5) is 0 Å². The maximum absolute atomic E-state index is 12.8. The van der Waals surface area contributed by atoms with Crippen molar-refractivity contribution >= 4 is 11.9 Å². The van der Waals surface area contributed by atoms with Gasteiger partial charge in [-0.1, -0.05) is 193 Å². The summed E-state index contributed by atoms with van der Waals surface area (Å²) >= 11 is 0. The molecule has 10 nitrogen and oxygen atoms in total. The summed E-state index contributed by atoms with van der Waals surface area (Å²) in [5, 5.41) is 40.1. The summed E-state index contributed by atoms with van der Waals surface area (Å²) in [6.07, 6.45) is 36.5. The molecule has 0 amide bonds. The Labute approximate surface area is 361 Å².